The Balaban J connectivity index is 1.47. The number of hydrogen-bond donors (Lipinski definition) is 0. The maximum Gasteiger partial charge on any atom is 0.333 e. The van der Waals surface area contributed by atoms with Gasteiger partial charge in [-0.25, -0.2) is 4.79 Å². The minimum atomic E-state index is -1.83. The van der Waals surface area contributed by atoms with E-state index in [4.69, 9.17) is 30.5 Å². The fourth-order valence-electron chi connectivity index (χ4n) is 6.43. The molecule has 3 aliphatic rings. The van der Waals surface area contributed by atoms with E-state index in [1.807, 2.05) is 61.5 Å². The van der Waals surface area contributed by atoms with Crippen LogP contribution in [0.4, 0.5) is 0 Å². The normalized spacial score (nSPS) is 22.7. The standard InChI is InChI=1S/C34H29ClO7/c1-18-14-22-15-23(33(38)41-4)16-24(21-12-10-20(11-13-21)19-8-6-5-7-9-19)27(22)31(36)34(18)32(37)28-25(39-2)17-26(40-3)29(35)30(28)42-34/h5-13,16-18,24H,14-15H2,1-4H3/t18-,24-,34+/m1/s1. The highest BCUT2D eigenvalue weighted by Gasteiger charge is 2.63. The number of carbonyl (C=O) groups excluding carboxylic acids is 3. The number of benzene rings is 3. The summed E-state index contributed by atoms with van der Waals surface area (Å²) in [6.45, 7) is 1.81. The van der Waals surface area contributed by atoms with E-state index < -0.39 is 35.0 Å². The quantitative estimate of drug-likeness (QED) is 0.249. The third-order valence-corrected chi connectivity index (χ3v) is 8.89. The number of ketones is 2. The molecule has 0 fully saturated rings. The number of fused-ring (bicyclic) bond motifs is 1. The zero-order valence-corrected chi connectivity index (χ0v) is 24.4. The zero-order valence-electron chi connectivity index (χ0n) is 23.7. The predicted octanol–water partition coefficient (Wildman–Crippen LogP) is 6.53. The van der Waals surface area contributed by atoms with Crippen molar-refractivity contribution in [1.29, 1.82) is 0 Å². The van der Waals surface area contributed by atoms with Crippen molar-refractivity contribution in [1.82, 2.24) is 0 Å². The molecule has 6 rings (SSSR count). The second-order valence-electron chi connectivity index (χ2n) is 10.7. The van der Waals surface area contributed by atoms with E-state index in [0.29, 0.717) is 17.6 Å². The molecule has 42 heavy (non-hydrogen) atoms. The summed E-state index contributed by atoms with van der Waals surface area (Å²) >= 11 is 6.60. The maximum absolute atomic E-state index is 14.7. The lowest BCUT2D eigenvalue weighted by atomic mass is 9.63. The smallest absolute Gasteiger partial charge is 0.333 e. The summed E-state index contributed by atoms with van der Waals surface area (Å²) in [6, 6.07) is 19.3. The summed E-state index contributed by atoms with van der Waals surface area (Å²) in [5, 5.41) is 0.0999. The Hall–Kier alpha value is -4.36. The van der Waals surface area contributed by atoms with Crippen molar-refractivity contribution in [3.8, 4) is 28.4 Å². The van der Waals surface area contributed by atoms with E-state index in [1.165, 1.54) is 27.4 Å². The first-order valence-corrected chi connectivity index (χ1v) is 14.0. The number of ether oxygens (including phenoxy) is 4. The van der Waals surface area contributed by atoms with Crippen molar-refractivity contribution < 1.29 is 33.3 Å². The lowest BCUT2D eigenvalue weighted by molar-refractivity contribution is -0.136. The van der Waals surface area contributed by atoms with Crippen molar-refractivity contribution >= 4 is 29.1 Å². The second kappa shape index (κ2) is 10.5. The Morgan fingerprint density at radius 3 is 2.24 bits per heavy atom. The molecule has 8 heteroatoms. The Kier molecular flexibility index (Phi) is 6.93. The van der Waals surface area contributed by atoms with E-state index in [-0.39, 0.29) is 34.3 Å². The first-order valence-electron chi connectivity index (χ1n) is 13.6. The van der Waals surface area contributed by atoms with Crippen LogP contribution in [0.2, 0.25) is 5.02 Å². The Labute approximate surface area is 248 Å². The first-order chi connectivity index (χ1) is 20.2. The molecule has 7 nitrogen and oxygen atoms in total. The van der Waals surface area contributed by atoms with Crippen LogP contribution in [0.5, 0.6) is 17.2 Å². The van der Waals surface area contributed by atoms with Crippen LogP contribution >= 0.6 is 11.6 Å². The second-order valence-corrected chi connectivity index (χ2v) is 11.1. The highest BCUT2D eigenvalue weighted by Crippen LogP contribution is 2.56. The monoisotopic (exact) mass is 584 g/mol. The molecule has 0 amide bonds. The van der Waals surface area contributed by atoms with E-state index in [0.717, 1.165) is 22.3 Å². The van der Waals surface area contributed by atoms with Crippen LogP contribution in [-0.4, -0.2) is 44.5 Å². The number of allylic oxidation sites excluding steroid dienone is 2. The van der Waals surface area contributed by atoms with Crippen LogP contribution in [-0.2, 0) is 14.3 Å². The fourth-order valence-corrected chi connectivity index (χ4v) is 6.70. The molecule has 3 aromatic carbocycles. The fraction of sp³-hybridized carbons (Fsp3) is 0.265. The molecule has 1 spiro atoms. The van der Waals surface area contributed by atoms with Gasteiger partial charge in [0.1, 0.15) is 22.1 Å². The van der Waals surface area contributed by atoms with Crippen LogP contribution in [0, 0.1) is 5.92 Å². The zero-order chi connectivity index (χ0) is 29.8. The molecule has 1 aliphatic heterocycles. The number of halogens is 1. The van der Waals surface area contributed by atoms with Gasteiger partial charge in [-0.2, -0.15) is 0 Å². The molecular formula is C34H29ClO7. The maximum atomic E-state index is 14.7. The molecule has 0 N–H and O–H groups in total. The van der Waals surface area contributed by atoms with Crippen molar-refractivity contribution in [3.63, 3.8) is 0 Å². The SMILES string of the molecule is COC(=O)C1=C[C@H](c2ccc(-c3ccccc3)cc2)C2=C(C1)C[C@@H](C)[C@]1(Oc3c(Cl)c(OC)cc(OC)c3C1=O)C2=O. The summed E-state index contributed by atoms with van der Waals surface area (Å²) < 4.78 is 22.3. The molecule has 0 bridgehead atoms. The number of Topliss-reactive ketones (excluding diaryl/α,β-unsaturated/α-hetero) is 2. The molecule has 0 aromatic heterocycles. The Morgan fingerprint density at radius 2 is 1.60 bits per heavy atom. The average molecular weight is 585 g/mol. The minimum Gasteiger partial charge on any atom is -0.496 e. The molecule has 2 aliphatic carbocycles. The summed E-state index contributed by atoms with van der Waals surface area (Å²) in [6.07, 6.45) is 2.39. The van der Waals surface area contributed by atoms with Gasteiger partial charge in [0.15, 0.2) is 5.75 Å². The van der Waals surface area contributed by atoms with Crippen molar-refractivity contribution in [3.05, 3.63) is 99.6 Å². The molecule has 0 unspecified atom stereocenters. The van der Waals surface area contributed by atoms with Gasteiger partial charge in [0.05, 0.1) is 21.3 Å². The third-order valence-electron chi connectivity index (χ3n) is 8.54. The predicted molar refractivity (Wildman–Crippen MR) is 157 cm³/mol. The molecule has 1 heterocycles. The van der Waals surface area contributed by atoms with Gasteiger partial charge < -0.3 is 18.9 Å². The van der Waals surface area contributed by atoms with Gasteiger partial charge in [0.2, 0.25) is 17.2 Å². The number of hydrogen-bond acceptors (Lipinski definition) is 7. The van der Waals surface area contributed by atoms with Gasteiger partial charge in [-0.1, -0.05) is 84.8 Å². The Bertz CT molecular complexity index is 1690. The topological polar surface area (TPSA) is 88.1 Å². The Morgan fingerprint density at radius 1 is 0.929 bits per heavy atom. The van der Waals surface area contributed by atoms with Gasteiger partial charge in [0.25, 0.3) is 0 Å². The minimum absolute atomic E-state index is 0.0764. The highest BCUT2D eigenvalue weighted by atomic mass is 35.5. The van der Waals surface area contributed by atoms with Crippen LogP contribution in [0.25, 0.3) is 11.1 Å². The van der Waals surface area contributed by atoms with Gasteiger partial charge in [-0.15, -0.1) is 0 Å². The summed E-state index contributed by atoms with van der Waals surface area (Å²) in [5.41, 5.74) is 2.90. The molecule has 0 saturated heterocycles. The van der Waals surface area contributed by atoms with Crippen LogP contribution in [0.3, 0.4) is 0 Å². The van der Waals surface area contributed by atoms with E-state index in [1.54, 1.807) is 6.08 Å². The first kappa shape index (κ1) is 27.8. The van der Waals surface area contributed by atoms with Crippen molar-refractivity contribution in [2.45, 2.75) is 31.3 Å². The number of methoxy groups -OCH3 is 3. The van der Waals surface area contributed by atoms with Crippen LogP contribution < -0.4 is 14.2 Å². The highest BCUT2D eigenvalue weighted by molar-refractivity contribution is 6.36. The van der Waals surface area contributed by atoms with Crippen LogP contribution in [0.15, 0.2) is 83.5 Å². The average Bonchev–Trinajstić information content (AvgIpc) is 3.34. The molecule has 214 valence electrons. The van der Waals surface area contributed by atoms with E-state index in [9.17, 15) is 14.4 Å². The summed E-state index contributed by atoms with van der Waals surface area (Å²) in [7, 11) is 4.23. The van der Waals surface area contributed by atoms with Gasteiger partial charge in [-0.05, 0) is 23.1 Å². The van der Waals surface area contributed by atoms with Gasteiger partial charge >= 0.3 is 5.97 Å². The molecule has 0 radical (unpaired) electrons. The van der Waals surface area contributed by atoms with Crippen molar-refractivity contribution in [2.75, 3.05) is 21.3 Å². The molecule has 0 saturated carbocycles. The largest absolute Gasteiger partial charge is 0.496 e. The number of esters is 1. The summed E-state index contributed by atoms with van der Waals surface area (Å²) in [4.78, 5) is 41.6. The lowest BCUT2D eigenvalue weighted by Crippen LogP contribution is -2.57. The summed E-state index contributed by atoms with van der Waals surface area (Å²) in [5.74, 6) is -1.95. The van der Waals surface area contributed by atoms with Crippen LogP contribution in [0.1, 0.15) is 41.6 Å². The van der Waals surface area contributed by atoms with Crippen molar-refractivity contribution in [2.24, 2.45) is 5.92 Å². The van der Waals surface area contributed by atoms with Gasteiger partial charge in [0, 0.05) is 35.5 Å². The number of carbonyl (C=O) groups is 3. The van der Waals surface area contributed by atoms with Gasteiger partial charge in [-0.3, -0.25) is 9.59 Å². The molecule has 3 aromatic rings. The molecular weight excluding hydrogens is 556 g/mol. The third kappa shape index (κ3) is 4.06. The number of rotatable bonds is 5. The lowest BCUT2D eigenvalue weighted by Gasteiger charge is -2.41. The van der Waals surface area contributed by atoms with E-state index in [2.05, 4.69) is 0 Å². The molecule has 3 atom stereocenters. The van der Waals surface area contributed by atoms with E-state index >= 15 is 0 Å².